The molecule has 0 amide bonds. The SMILES string of the molecule is Nc1cccc(S(=O)(=O)NC2Cc3ccccc3C2)c1. The maximum atomic E-state index is 12.3. The minimum Gasteiger partial charge on any atom is -0.399 e. The summed E-state index contributed by atoms with van der Waals surface area (Å²) in [7, 11) is -3.51. The van der Waals surface area contributed by atoms with Crippen molar-refractivity contribution in [1.82, 2.24) is 4.72 Å². The Bertz CT molecular complexity index is 716. The van der Waals surface area contributed by atoms with Crippen molar-refractivity contribution in [3.05, 3.63) is 59.7 Å². The Morgan fingerprint density at radius 3 is 2.25 bits per heavy atom. The van der Waals surface area contributed by atoms with Gasteiger partial charge in [-0.3, -0.25) is 0 Å². The van der Waals surface area contributed by atoms with Gasteiger partial charge in [0.2, 0.25) is 10.0 Å². The topological polar surface area (TPSA) is 72.2 Å². The van der Waals surface area contributed by atoms with E-state index in [2.05, 4.69) is 4.72 Å². The summed E-state index contributed by atoms with van der Waals surface area (Å²) in [4.78, 5) is 0.216. The average Bonchev–Trinajstić information content (AvgIpc) is 2.80. The molecule has 0 spiro atoms. The molecule has 0 saturated carbocycles. The summed E-state index contributed by atoms with van der Waals surface area (Å²) in [5, 5.41) is 0. The molecule has 104 valence electrons. The molecular weight excluding hydrogens is 272 g/mol. The van der Waals surface area contributed by atoms with Crippen LogP contribution in [0.4, 0.5) is 5.69 Å². The molecule has 0 heterocycles. The zero-order valence-corrected chi connectivity index (χ0v) is 11.7. The van der Waals surface area contributed by atoms with Crippen LogP contribution in [-0.4, -0.2) is 14.5 Å². The van der Waals surface area contributed by atoms with Gasteiger partial charge in [-0.2, -0.15) is 0 Å². The molecule has 0 radical (unpaired) electrons. The van der Waals surface area contributed by atoms with Crippen LogP contribution in [0.25, 0.3) is 0 Å². The number of anilines is 1. The molecule has 0 atom stereocenters. The van der Waals surface area contributed by atoms with Crippen LogP contribution in [0.3, 0.4) is 0 Å². The number of hydrogen-bond acceptors (Lipinski definition) is 3. The molecule has 4 nitrogen and oxygen atoms in total. The first-order valence-corrected chi connectivity index (χ1v) is 7.97. The van der Waals surface area contributed by atoms with E-state index in [1.807, 2.05) is 24.3 Å². The Hall–Kier alpha value is -1.85. The zero-order chi connectivity index (χ0) is 14.2. The highest BCUT2D eigenvalue weighted by atomic mass is 32.2. The van der Waals surface area contributed by atoms with E-state index in [4.69, 9.17) is 5.73 Å². The fourth-order valence-electron chi connectivity index (χ4n) is 2.61. The van der Waals surface area contributed by atoms with Crippen LogP contribution in [-0.2, 0) is 22.9 Å². The molecule has 0 aromatic heterocycles. The van der Waals surface area contributed by atoms with Crippen molar-refractivity contribution in [3.8, 4) is 0 Å². The minimum atomic E-state index is -3.51. The van der Waals surface area contributed by atoms with Crippen LogP contribution >= 0.6 is 0 Å². The first-order chi connectivity index (χ1) is 9.54. The summed E-state index contributed by atoms with van der Waals surface area (Å²) in [5.74, 6) is 0. The number of nitrogen functional groups attached to an aromatic ring is 1. The maximum Gasteiger partial charge on any atom is 0.240 e. The Balaban J connectivity index is 1.79. The van der Waals surface area contributed by atoms with Gasteiger partial charge in [0.15, 0.2) is 0 Å². The lowest BCUT2D eigenvalue weighted by Crippen LogP contribution is -2.35. The molecule has 5 heteroatoms. The van der Waals surface area contributed by atoms with Crippen LogP contribution in [0.5, 0.6) is 0 Å². The van der Waals surface area contributed by atoms with Gasteiger partial charge in [0.05, 0.1) is 4.90 Å². The molecule has 0 unspecified atom stereocenters. The van der Waals surface area contributed by atoms with E-state index in [1.165, 1.54) is 17.2 Å². The van der Waals surface area contributed by atoms with E-state index in [1.54, 1.807) is 18.2 Å². The molecule has 1 aliphatic rings. The second kappa shape index (κ2) is 4.92. The van der Waals surface area contributed by atoms with Crippen molar-refractivity contribution < 1.29 is 8.42 Å². The van der Waals surface area contributed by atoms with E-state index in [0.29, 0.717) is 5.69 Å². The molecule has 2 aromatic rings. The molecule has 0 bridgehead atoms. The van der Waals surface area contributed by atoms with Gasteiger partial charge >= 0.3 is 0 Å². The van der Waals surface area contributed by atoms with Crippen LogP contribution in [0, 0.1) is 0 Å². The van der Waals surface area contributed by atoms with Gasteiger partial charge in [0, 0.05) is 11.7 Å². The second-order valence-electron chi connectivity index (χ2n) is 5.07. The molecule has 0 fully saturated rings. The third kappa shape index (κ3) is 2.55. The number of sulfonamides is 1. The summed E-state index contributed by atoms with van der Waals surface area (Å²) in [6, 6.07) is 14.3. The predicted molar refractivity (Wildman–Crippen MR) is 78.8 cm³/mol. The molecule has 0 saturated heterocycles. The molecule has 20 heavy (non-hydrogen) atoms. The smallest absolute Gasteiger partial charge is 0.240 e. The van der Waals surface area contributed by atoms with Crippen LogP contribution in [0.15, 0.2) is 53.4 Å². The standard InChI is InChI=1S/C15H16N2O2S/c16-13-6-3-7-15(10-13)20(18,19)17-14-8-11-4-1-2-5-12(11)9-14/h1-7,10,14,17H,8-9,16H2. The van der Waals surface area contributed by atoms with Gasteiger partial charge < -0.3 is 5.73 Å². The number of nitrogens with one attached hydrogen (secondary N) is 1. The van der Waals surface area contributed by atoms with Crippen molar-refractivity contribution in [2.45, 2.75) is 23.8 Å². The summed E-state index contributed by atoms with van der Waals surface area (Å²) >= 11 is 0. The lowest BCUT2D eigenvalue weighted by atomic mass is 10.1. The van der Waals surface area contributed by atoms with Gasteiger partial charge in [-0.05, 0) is 42.2 Å². The van der Waals surface area contributed by atoms with Crippen LogP contribution in [0.2, 0.25) is 0 Å². The highest BCUT2D eigenvalue weighted by Crippen LogP contribution is 2.23. The number of benzene rings is 2. The third-order valence-electron chi connectivity index (χ3n) is 3.54. The largest absolute Gasteiger partial charge is 0.399 e. The Morgan fingerprint density at radius 2 is 1.65 bits per heavy atom. The number of rotatable bonds is 3. The second-order valence-corrected chi connectivity index (χ2v) is 6.78. The normalized spacial score (nSPS) is 15.2. The van der Waals surface area contributed by atoms with Gasteiger partial charge in [-0.25, -0.2) is 13.1 Å². The van der Waals surface area contributed by atoms with E-state index < -0.39 is 10.0 Å². The maximum absolute atomic E-state index is 12.3. The summed E-state index contributed by atoms with van der Waals surface area (Å²) in [6.07, 6.45) is 1.47. The quantitative estimate of drug-likeness (QED) is 0.845. The van der Waals surface area contributed by atoms with Crippen molar-refractivity contribution >= 4 is 15.7 Å². The van der Waals surface area contributed by atoms with Gasteiger partial charge in [0.25, 0.3) is 0 Å². The molecule has 1 aliphatic carbocycles. The first kappa shape index (κ1) is 13.1. The summed E-state index contributed by atoms with van der Waals surface area (Å²) in [6.45, 7) is 0. The lowest BCUT2D eigenvalue weighted by Gasteiger charge is -2.13. The van der Waals surface area contributed by atoms with Crippen molar-refractivity contribution in [1.29, 1.82) is 0 Å². The fraction of sp³-hybridized carbons (Fsp3) is 0.200. The fourth-order valence-corrected chi connectivity index (χ4v) is 3.90. The van der Waals surface area contributed by atoms with E-state index in [-0.39, 0.29) is 10.9 Å². The number of hydrogen-bond donors (Lipinski definition) is 2. The number of nitrogens with two attached hydrogens (primary N) is 1. The monoisotopic (exact) mass is 288 g/mol. The highest BCUT2D eigenvalue weighted by Gasteiger charge is 2.26. The van der Waals surface area contributed by atoms with Crippen LogP contribution in [0.1, 0.15) is 11.1 Å². The van der Waals surface area contributed by atoms with Gasteiger partial charge in [-0.1, -0.05) is 30.3 Å². The van der Waals surface area contributed by atoms with Gasteiger partial charge in [-0.15, -0.1) is 0 Å². The van der Waals surface area contributed by atoms with E-state index in [0.717, 1.165) is 12.8 Å². The molecular formula is C15H16N2O2S. The van der Waals surface area contributed by atoms with Crippen molar-refractivity contribution in [2.24, 2.45) is 0 Å². The van der Waals surface area contributed by atoms with Crippen molar-refractivity contribution in [3.63, 3.8) is 0 Å². The Kier molecular flexibility index (Phi) is 3.23. The third-order valence-corrected chi connectivity index (χ3v) is 5.06. The first-order valence-electron chi connectivity index (χ1n) is 6.49. The van der Waals surface area contributed by atoms with Gasteiger partial charge in [0.1, 0.15) is 0 Å². The van der Waals surface area contributed by atoms with E-state index >= 15 is 0 Å². The molecule has 3 rings (SSSR count). The summed E-state index contributed by atoms with van der Waals surface area (Å²) < 4.78 is 27.4. The predicted octanol–water partition coefficient (Wildman–Crippen LogP) is 1.71. The lowest BCUT2D eigenvalue weighted by molar-refractivity contribution is 0.555. The molecule has 2 aromatic carbocycles. The average molecular weight is 288 g/mol. The molecule has 3 N–H and O–H groups in total. The Labute approximate surface area is 118 Å². The van der Waals surface area contributed by atoms with Crippen LogP contribution < -0.4 is 10.5 Å². The number of fused-ring (bicyclic) bond motifs is 1. The van der Waals surface area contributed by atoms with Crippen molar-refractivity contribution in [2.75, 3.05) is 5.73 Å². The van der Waals surface area contributed by atoms with E-state index in [9.17, 15) is 8.42 Å². The zero-order valence-electron chi connectivity index (χ0n) is 10.9. The highest BCUT2D eigenvalue weighted by molar-refractivity contribution is 7.89. The molecule has 0 aliphatic heterocycles. The minimum absolute atomic E-state index is 0.0844. The summed E-state index contributed by atoms with van der Waals surface area (Å²) in [5.41, 5.74) is 8.52. The Morgan fingerprint density at radius 1 is 1.00 bits per heavy atom.